The maximum atomic E-state index is 11.5. The van der Waals surface area contributed by atoms with Gasteiger partial charge in [0.15, 0.2) is 0 Å². The number of carboxylic acids is 1. The first-order valence-corrected chi connectivity index (χ1v) is 12.6. The van der Waals surface area contributed by atoms with Crippen LogP contribution in [-0.4, -0.2) is 23.7 Å². The van der Waals surface area contributed by atoms with Gasteiger partial charge in [-0.3, -0.25) is 9.59 Å². The third kappa shape index (κ3) is 26.9. The van der Waals surface area contributed by atoms with Crippen molar-refractivity contribution < 1.29 is 19.4 Å². The molecule has 1 N–H and O–H groups in total. The van der Waals surface area contributed by atoms with E-state index < -0.39 is 11.4 Å². The molecule has 4 nitrogen and oxygen atoms in total. The van der Waals surface area contributed by atoms with E-state index in [1.165, 1.54) is 89.9 Å². The summed E-state index contributed by atoms with van der Waals surface area (Å²) in [7, 11) is 0. The van der Waals surface area contributed by atoms with Crippen LogP contribution in [0.2, 0.25) is 0 Å². The summed E-state index contributed by atoms with van der Waals surface area (Å²) in [6, 6.07) is 0. The fourth-order valence-corrected chi connectivity index (χ4v) is 2.90. The van der Waals surface area contributed by atoms with Crippen molar-refractivity contribution >= 4 is 11.9 Å². The van der Waals surface area contributed by atoms with Crippen molar-refractivity contribution in [1.82, 2.24) is 0 Å². The lowest BCUT2D eigenvalue weighted by molar-refractivity contribution is -0.146. The van der Waals surface area contributed by atoms with Crippen molar-refractivity contribution in [3.8, 4) is 0 Å². The van der Waals surface area contributed by atoms with E-state index in [1.807, 2.05) is 0 Å². The van der Waals surface area contributed by atoms with Crippen molar-refractivity contribution in [2.24, 2.45) is 5.41 Å². The van der Waals surface area contributed by atoms with Gasteiger partial charge in [-0.1, -0.05) is 104 Å². The highest BCUT2D eigenvalue weighted by atomic mass is 16.5. The van der Waals surface area contributed by atoms with E-state index in [9.17, 15) is 9.59 Å². The van der Waals surface area contributed by atoms with Crippen LogP contribution in [0.1, 0.15) is 144 Å². The van der Waals surface area contributed by atoms with Gasteiger partial charge in [0.25, 0.3) is 0 Å². The van der Waals surface area contributed by atoms with Crippen LogP contribution >= 0.6 is 0 Å². The molecule has 0 unspecified atom stereocenters. The third-order valence-electron chi connectivity index (χ3n) is 5.14. The Kier molecular flexibility index (Phi) is 23.5. The maximum absolute atomic E-state index is 11.5. The second-order valence-electron chi connectivity index (χ2n) is 9.48. The molecule has 0 aliphatic carbocycles. The minimum Gasteiger partial charge on any atom is -0.481 e. The number of carbonyl (C=O) groups excluding carboxylic acids is 1. The second-order valence-corrected chi connectivity index (χ2v) is 9.48. The lowest BCUT2D eigenvalue weighted by Crippen LogP contribution is -2.18. The Bertz CT molecular complexity index is 385. The molecule has 0 aliphatic rings. The number of esters is 1. The number of ether oxygens (including phenoxy) is 1. The fraction of sp³-hybridized carbons (Fsp3) is 0.923. The topological polar surface area (TPSA) is 63.6 Å². The minimum absolute atomic E-state index is 0.00794. The molecule has 0 aliphatic heterocycles. The largest absolute Gasteiger partial charge is 0.481 e. The van der Waals surface area contributed by atoms with Crippen molar-refractivity contribution in [1.29, 1.82) is 0 Å². The molecule has 0 spiro atoms. The minimum atomic E-state index is -0.757. The Balaban J connectivity index is 0. The summed E-state index contributed by atoms with van der Waals surface area (Å²) in [4.78, 5) is 21.6. The normalized spacial score (nSPS) is 11.0. The molecule has 0 heterocycles. The predicted molar refractivity (Wildman–Crippen MR) is 128 cm³/mol. The fourth-order valence-electron chi connectivity index (χ4n) is 2.90. The molecule has 0 rings (SSSR count). The molecule has 180 valence electrons. The van der Waals surface area contributed by atoms with Crippen LogP contribution in [0.3, 0.4) is 0 Å². The summed E-state index contributed by atoms with van der Waals surface area (Å²) in [5.74, 6) is -0.749. The first-order valence-electron chi connectivity index (χ1n) is 12.6. The molecule has 0 radical (unpaired) electrons. The maximum Gasteiger partial charge on any atom is 0.308 e. The summed E-state index contributed by atoms with van der Waals surface area (Å²) in [6.07, 6.45) is 21.2. The molecule has 0 atom stereocenters. The van der Waals surface area contributed by atoms with Crippen molar-refractivity contribution in [3.05, 3.63) is 0 Å². The van der Waals surface area contributed by atoms with Crippen LogP contribution < -0.4 is 0 Å². The highest BCUT2D eigenvalue weighted by molar-refractivity contribution is 5.72. The number of hydrogen-bond acceptors (Lipinski definition) is 3. The van der Waals surface area contributed by atoms with Crippen LogP contribution in [0, 0.1) is 5.41 Å². The quantitative estimate of drug-likeness (QED) is 0.176. The Morgan fingerprint density at radius 3 is 1.33 bits per heavy atom. The van der Waals surface area contributed by atoms with E-state index in [0.717, 1.165) is 12.8 Å². The summed E-state index contributed by atoms with van der Waals surface area (Å²) in [5.41, 5.74) is -0.583. The number of rotatable bonds is 18. The molecule has 0 saturated heterocycles. The van der Waals surface area contributed by atoms with Gasteiger partial charge in [0.05, 0.1) is 12.0 Å². The highest BCUT2D eigenvalue weighted by Crippen LogP contribution is 2.12. The molecule has 0 aromatic rings. The Labute approximate surface area is 187 Å². The van der Waals surface area contributed by atoms with Crippen LogP contribution in [0.25, 0.3) is 0 Å². The van der Waals surface area contributed by atoms with E-state index >= 15 is 0 Å². The van der Waals surface area contributed by atoms with E-state index in [-0.39, 0.29) is 5.97 Å². The van der Waals surface area contributed by atoms with Crippen molar-refractivity contribution in [2.75, 3.05) is 6.61 Å². The van der Waals surface area contributed by atoms with Gasteiger partial charge in [-0.05, 0) is 33.6 Å². The van der Waals surface area contributed by atoms with E-state index in [2.05, 4.69) is 13.8 Å². The molecule has 0 aromatic heterocycles. The van der Waals surface area contributed by atoms with Gasteiger partial charge in [-0.15, -0.1) is 0 Å². The molecule has 0 fully saturated rings. The second kappa shape index (κ2) is 22.6. The summed E-state index contributed by atoms with van der Waals surface area (Å²) >= 11 is 0. The number of carboxylic acid groups (broad SMARTS) is 1. The Morgan fingerprint density at radius 1 is 0.633 bits per heavy atom. The number of unbranched alkanes of at least 4 members (excludes halogenated alkanes) is 14. The lowest BCUT2D eigenvalue weighted by Gasteiger charge is -2.08. The summed E-state index contributed by atoms with van der Waals surface area (Å²) < 4.78 is 5.29. The van der Waals surface area contributed by atoms with Gasteiger partial charge < -0.3 is 9.84 Å². The zero-order valence-electron chi connectivity index (χ0n) is 20.9. The van der Waals surface area contributed by atoms with Crippen LogP contribution in [0.4, 0.5) is 0 Å². The van der Waals surface area contributed by atoms with Crippen molar-refractivity contribution in [3.63, 3.8) is 0 Å². The molecular weight excluding hydrogens is 376 g/mol. The van der Waals surface area contributed by atoms with E-state index in [0.29, 0.717) is 13.0 Å². The molecule has 0 bridgehead atoms. The lowest BCUT2D eigenvalue weighted by atomic mass is 9.98. The molecule has 30 heavy (non-hydrogen) atoms. The van der Waals surface area contributed by atoms with Crippen LogP contribution in [0.15, 0.2) is 0 Å². The standard InChI is InChI=1S/C21H42O2.C5H10O2/c1-3-5-7-9-10-11-12-13-14-16-18-20-23-21(22)19-17-15-8-6-4-2;1-5(2,3)4(6)7/h3-20H2,1-2H3;1-3H3,(H,6,7). The van der Waals surface area contributed by atoms with Gasteiger partial charge in [-0.2, -0.15) is 0 Å². The van der Waals surface area contributed by atoms with E-state index in [1.54, 1.807) is 20.8 Å². The van der Waals surface area contributed by atoms with Gasteiger partial charge in [0.1, 0.15) is 0 Å². The van der Waals surface area contributed by atoms with Gasteiger partial charge in [0.2, 0.25) is 0 Å². The first-order chi connectivity index (χ1) is 14.3. The van der Waals surface area contributed by atoms with Crippen LogP contribution in [0.5, 0.6) is 0 Å². The number of aliphatic carboxylic acids is 1. The average Bonchev–Trinajstić information content (AvgIpc) is 2.68. The predicted octanol–water partition coefficient (Wildman–Crippen LogP) is 8.32. The van der Waals surface area contributed by atoms with Gasteiger partial charge in [-0.25, -0.2) is 0 Å². The van der Waals surface area contributed by atoms with Crippen molar-refractivity contribution in [2.45, 2.75) is 144 Å². The SMILES string of the molecule is CC(C)(C)C(=O)O.CCCCCCCCCCCCCOC(=O)CCCCCCC. The first kappa shape index (κ1) is 31.1. The zero-order chi connectivity index (χ0) is 23.1. The summed E-state index contributed by atoms with van der Waals surface area (Å²) in [5, 5.41) is 8.25. The molecular formula is C26H52O4. The van der Waals surface area contributed by atoms with Gasteiger partial charge in [0, 0.05) is 6.42 Å². The third-order valence-corrected chi connectivity index (χ3v) is 5.14. The number of carbonyl (C=O) groups is 2. The zero-order valence-corrected chi connectivity index (χ0v) is 20.9. The molecule has 0 aromatic carbocycles. The van der Waals surface area contributed by atoms with E-state index in [4.69, 9.17) is 9.84 Å². The highest BCUT2D eigenvalue weighted by Gasteiger charge is 2.18. The summed E-state index contributed by atoms with van der Waals surface area (Å²) in [6.45, 7) is 10.1. The van der Waals surface area contributed by atoms with Crippen LogP contribution in [-0.2, 0) is 14.3 Å². The monoisotopic (exact) mass is 428 g/mol. The molecule has 0 saturated carbocycles. The average molecular weight is 429 g/mol. The Hall–Kier alpha value is -1.06. The molecule has 4 heteroatoms. The number of hydrogen-bond donors (Lipinski definition) is 1. The molecule has 0 amide bonds. The van der Waals surface area contributed by atoms with Gasteiger partial charge >= 0.3 is 11.9 Å². The smallest absolute Gasteiger partial charge is 0.308 e. The Morgan fingerprint density at radius 2 is 0.967 bits per heavy atom.